The zero-order valence-corrected chi connectivity index (χ0v) is 11.9. The fraction of sp³-hybridized carbons (Fsp3) is 0.125. The highest BCUT2D eigenvalue weighted by atomic mass is 16.2. The van der Waals surface area contributed by atoms with Crippen LogP contribution in [0.25, 0.3) is 11.3 Å². The molecule has 1 aromatic carbocycles. The highest BCUT2D eigenvalue weighted by Gasteiger charge is 2.16. The number of hydrogen-bond donors (Lipinski definition) is 2. The first-order valence-corrected chi connectivity index (χ1v) is 6.70. The Morgan fingerprint density at radius 1 is 1.19 bits per heavy atom. The molecule has 3 rings (SSSR count). The fourth-order valence-corrected chi connectivity index (χ4v) is 2.26. The van der Waals surface area contributed by atoms with Crippen LogP contribution in [0.4, 0.5) is 5.69 Å². The van der Waals surface area contributed by atoms with Gasteiger partial charge in [-0.2, -0.15) is 5.10 Å². The SMILES string of the molecule is Cc1[nH]nc(-c2ccccc2)c1NC(=O)c1cccn1C. The second-order valence-corrected chi connectivity index (χ2v) is 4.90. The summed E-state index contributed by atoms with van der Waals surface area (Å²) in [5.74, 6) is -0.149. The number of nitrogens with one attached hydrogen (secondary N) is 2. The molecular weight excluding hydrogens is 264 g/mol. The zero-order chi connectivity index (χ0) is 14.8. The minimum atomic E-state index is -0.149. The Hall–Kier alpha value is -2.82. The molecule has 0 atom stereocenters. The highest BCUT2D eigenvalue weighted by Crippen LogP contribution is 2.28. The van der Waals surface area contributed by atoms with Gasteiger partial charge in [-0.25, -0.2) is 0 Å². The largest absolute Gasteiger partial charge is 0.347 e. The van der Waals surface area contributed by atoms with Crippen LogP contribution in [0, 0.1) is 6.92 Å². The van der Waals surface area contributed by atoms with Gasteiger partial charge in [0.05, 0.1) is 11.4 Å². The summed E-state index contributed by atoms with van der Waals surface area (Å²) in [6, 6.07) is 13.4. The molecule has 0 saturated heterocycles. The number of aromatic nitrogens is 3. The van der Waals surface area contributed by atoms with Gasteiger partial charge in [0.1, 0.15) is 11.4 Å². The van der Waals surface area contributed by atoms with E-state index in [1.807, 2.05) is 56.6 Å². The van der Waals surface area contributed by atoms with Crippen LogP contribution < -0.4 is 5.32 Å². The number of anilines is 1. The van der Waals surface area contributed by atoms with Crippen molar-refractivity contribution >= 4 is 11.6 Å². The third kappa shape index (κ3) is 2.45. The predicted molar refractivity (Wildman–Crippen MR) is 82.1 cm³/mol. The Balaban J connectivity index is 1.95. The first-order valence-electron chi connectivity index (χ1n) is 6.70. The Bertz CT molecular complexity index is 771. The number of H-pyrrole nitrogens is 1. The van der Waals surface area contributed by atoms with E-state index in [0.717, 1.165) is 17.0 Å². The summed E-state index contributed by atoms with van der Waals surface area (Å²) >= 11 is 0. The number of carbonyl (C=O) groups excluding carboxylic acids is 1. The van der Waals surface area contributed by atoms with E-state index in [1.165, 1.54) is 0 Å². The van der Waals surface area contributed by atoms with Crippen molar-refractivity contribution in [3.63, 3.8) is 0 Å². The van der Waals surface area contributed by atoms with Crippen LogP contribution >= 0.6 is 0 Å². The van der Waals surface area contributed by atoms with Crippen molar-refractivity contribution in [1.29, 1.82) is 0 Å². The molecule has 0 bridgehead atoms. The fourth-order valence-electron chi connectivity index (χ4n) is 2.26. The van der Waals surface area contributed by atoms with Crippen molar-refractivity contribution in [3.8, 4) is 11.3 Å². The summed E-state index contributed by atoms with van der Waals surface area (Å²) in [4.78, 5) is 12.4. The van der Waals surface area contributed by atoms with Gasteiger partial charge in [-0.05, 0) is 19.1 Å². The molecule has 3 aromatic rings. The second kappa shape index (κ2) is 5.28. The van der Waals surface area contributed by atoms with Crippen LogP contribution in [0.15, 0.2) is 48.7 Å². The maximum absolute atomic E-state index is 12.4. The molecule has 1 amide bonds. The van der Waals surface area contributed by atoms with E-state index >= 15 is 0 Å². The molecule has 2 heterocycles. The van der Waals surface area contributed by atoms with Crippen LogP contribution in [-0.4, -0.2) is 20.7 Å². The van der Waals surface area contributed by atoms with E-state index in [1.54, 1.807) is 10.6 Å². The first-order chi connectivity index (χ1) is 10.2. The molecule has 0 spiro atoms. The molecule has 2 aromatic heterocycles. The summed E-state index contributed by atoms with van der Waals surface area (Å²) in [6.45, 7) is 1.89. The standard InChI is InChI=1S/C16H16N4O/c1-11-14(17-16(21)13-9-6-10-20(13)2)15(19-18-11)12-7-4-3-5-8-12/h3-10H,1-2H3,(H,17,21)(H,18,19). The van der Waals surface area contributed by atoms with Gasteiger partial charge < -0.3 is 9.88 Å². The van der Waals surface area contributed by atoms with Gasteiger partial charge in [-0.3, -0.25) is 9.89 Å². The van der Waals surface area contributed by atoms with Crippen LogP contribution in [0.2, 0.25) is 0 Å². The predicted octanol–water partition coefficient (Wildman–Crippen LogP) is 2.98. The molecule has 5 nitrogen and oxygen atoms in total. The van der Waals surface area contributed by atoms with Gasteiger partial charge in [0.2, 0.25) is 0 Å². The van der Waals surface area contributed by atoms with Crippen LogP contribution in [0.5, 0.6) is 0 Å². The van der Waals surface area contributed by atoms with E-state index in [9.17, 15) is 4.79 Å². The van der Waals surface area contributed by atoms with E-state index in [2.05, 4.69) is 15.5 Å². The lowest BCUT2D eigenvalue weighted by Crippen LogP contribution is -2.16. The maximum atomic E-state index is 12.4. The van der Waals surface area contributed by atoms with Crippen molar-refractivity contribution in [2.24, 2.45) is 7.05 Å². The molecule has 21 heavy (non-hydrogen) atoms. The molecule has 0 aliphatic heterocycles. The lowest BCUT2D eigenvalue weighted by atomic mass is 10.1. The minimum Gasteiger partial charge on any atom is -0.347 e. The van der Waals surface area contributed by atoms with Gasteiger partial charge in [-0.15, -0.1) is 0 Å². The summed E-state index contributed by atoms with van der Waals surface area (Å²) < 4.78 is 1.78. The van der Waals surface area contributed by atoms with E-state index in [-0.39, 0.29) is 5.91 Å². The number of rotatable bonds is 3. The van der Waals surface area contributed by atoms with E-state index < -0.39 is 0 Å². The number of amides is 1. The number of nitrogens with zero attached hydrogens (tertiary/aromatic N) is 2. The lowest BCUT2D eigenvalue weighted by molar-refractivity contribution is 0.101. The van der Waals surface area contributed by atoms with Gasteiger partial charge in [-0.1, -0.05) is 30.3 Å². The average Bonchev–Trinajstić information content (AvgIpc) is 3.07. The third-order valence-electron chi connectivity index (χ3n) is 3.41. The van der Waals surface area contributed by atoms with E-state index in [0.29, 0.717) is 11.4 Å². The zero-order valence-electron chi connectivity index (χ0n) is 11.9. The normalized spacial score (nSPS) is 10.6. The lowest BCUT2D eigenvalue weighted by Gasteiger charge is -2.07. The molecule has 0 aliphatic carbocycles. The molecule has 5 heteroatoms. The summed E-state index contributed by atoms with van der Waals surface area (Å²) in [6.07, 6.45) is 1.84. The van der Waals surface area contributed by atoms with Gasteiger partial charge in [0.15, 0.2) is 0 Å². The smallest absolute Gasteiger partial charge is 0.272 e. The molecule has 0 radical (unpaired) electrons. The molecule has 0 unspecified atom stereocenters. The Morgan fingerprint density at radius 3 is 2.62 bits per heavy atom. The maximum Gasteiger partial charge on any atom is 0.272 e. The quantitative estimate of drug-likeness (QED) is 0.774. The number of aryl methyl sites for hydroxylation is 2. The molecular formula is C16H16N4O. The van der Waals surface area contributed by atoms with Gasteiger partial charge >= 0.3 is 0 Å². The van der Waals surface area contributed by atoms with E-state index in [4.69, 9.17) is 0 Å². The van der Waals surface area contributed by atoms with Gasteiger partial charge in [0, 0.05) is 18.8 Å². The van der Waals surface area contributed by atoms with Crippen molar-refractivity contribution in [1.82, 2.24) is 14.8 Å². The topological polar surface area (TPSA) is 62.7 Å². The number of benzene rings is 1. The number of aromatic amines is 1. The molecule has 0 fully saturated rings. The van der Waals surface area contributed by atoms with Crippen molar-refractivity contribution in [2.75, 3.05) is 5.32 Å². The number of hydrogen-bond acceptors (Lipinski definition) is 2. The Labute approximate surface area is 122 Å². The summed E-state index contributed by atoms with van der Waals surface area (Å²) in [5.41, 5.74) is 3.86. The molecule has 0 saturated carbocycles. The molecule has 2 N–H and O–H groups in total. The monoisotopic (exact) mass is 280 g/mol. The molecule has 0 aliphatic rings. The summed E-state index contributed by atoms with van der Waals surface area (Å²) in [5, 5.41) is 10.2. The Kier molecular flexibility index (Phi) is 3.31. The average molecular weight is 280 g/mol. The van der Waals surface area contributed by atoms with Crippen LogP contribution in [0.3, 0.4) is 0 Å². The van der Waals surface area contributed by atoms with Crippen molar-refractivity contribution in [3.05, 3.63) is 60.0 Å². The van der Waals surface area contributed by atoms with Crippen LogP contribution in [0.1, 0.15) is 16.2 Å². The minimum absolute atomic E-state index is 0.149. The van der Waals surface area contributed by atoms with Crippen LogP contribution in [-0.2, 0) is 7.05 Å². The van der Waals surface area contributed by atoms with Crippen molar-refractivity contribution in [2.45, 2.75) is 6.92 Å². The highest BCUT2D eigenvalue weighted by molar-refractivity contribution is 6.05. The van der Waals surface area contributed by atoms with Crippen molar-refractivity contribution < 1.29 is 4.79 Å². The third-order valence-corrected chi connectivity index (χ3v) is 3.41. The second-order valence-electron chi connectivity index (χ2n) is 4.90. The Morgan fingerprint density at radius 2 is 1.95 bits per heavy atom. The first kappa shape index (κ1) is 13.2. The summed E-state index contributed by atoms with van der Waals surface area (Å²) in [7, 11) is 1.84. The number of carbonyl (C=O) groups is 1. The molecule has 106 valence electrons. The van der Waals surface area contributed by atoms with Gasteiger partial charge in [0.25, 0.3) is 5.91 Å².